The van der Waals surface area contributed by atoms with Crippen LogP contribution in [-0.2, 0) is 0 Å². The summed E-state index contributed by atoms with van der Waals surface area (Å²) in [6.07, 6.45) is 2.99. The van der Waals surface area contributed by atoms with Gasteiger partial charge in [0.15, 0.2) is 0 Å². The molecule has 0 heterocycles. The summed E-state index contributed by atoms with van der Waals surface area (Å²) in [5.41, 5.74) is 1.17. The van der Waals surface area contributed by atoms with Crippen LogP contribution in [0.4, 0.5) is 0 Å². The zero-order valence-corrected chi connectivity index (χ0v) is 12.5. The van der Waals surface area contributed by atoms with E-state index in [0.717, 1.165) is 42.6 Å². The maximum atomic E-state index is 10.7. The molecular weight excluding hydrogens is 250 g/mol. The van der Waals surface area contributed by atoms with Gasteiger partial charge in [-0.1, -0.05) is 25.8 Å². The minimum Gasteiger partial charge on any atom is -0.496 e. The predicted octanol–water partition coefficient (Wildman–Crippen LogP) is 3.76. The molecule has 0 spiro atoms. The minimum absolute atomic E-state index is 0.498. The summed E-state index contributed by atoms with van der Waals surface area (Å²) in [6, 6.07) is 8.08. The third-order valence-corrected chi connectivity index (χ3v) is 4.51. The lowest BCUT2D eigenvalue weighted by Crippen LogP contribution is -2.33. The molecule has 1 aromatic carbocycles. The molecule has 0 radical (unpaired) electrons. The molecule has 0 aliphatic heterocycles. The molecule has 1 fully saturated rings. The van der Waals surface area contributed by atoms with E-state index in [-0.39, 0.29) is 0 Å². The molecule has 3 nitrogen and oxygen atoms in total. The van der Waals surface area contributed by atoms with Gasteiger partial charge >= 0.3 is 0 Å². The first-order chi connectivity index (χ1) is 9.52. The van der Waals surface area contributed by atoms with Crippen LogP contribution in [0.25, 0.3) is 0 Å². The summed E-state index contributed by atoms with van der Waals surface area (Å²) in [5.74, 6) is 1.31. The van der Waals surface area contributed by atoms with Crippen LogP contribution in [0.1, 0.15) is 49.8 Å². The van der Waals surface area contributed by atoms with Crippen molar-refractivity contribution in [2.45, 2.75) is 45.6 Å². The van der Waals surface area contributed by atoms with Crippen LogP contribution in [0, 0.1) is 29.6 Å². The van der Waals surface area contributed by atoms with Gasteiger partial charge in [0.25, 0.3) is 0 Å². The fourth-order valence-corrected chi connectivity index (χ4v) is 3.39. The molecule has 1 N–H and O–H groups in total. The Morgan fingerprint density at radius 3 is 2.80 bits per heavy atom. The van der Waals surface area contributed by atoms with Gasteiger partial charge < -0.3 is 9.84 Å². The largest absolute Gasteiger partial charge is 0.496 e. The van der Waals surface area contributed by atoms with Crippen molar-refractivity contribution < 1.29 is 9.84 Å². The number of benzene rings is 1. The van der Waals surface area contributed by atoms with Gasteiger partial charge in [0.2, 0.25) is 0 Å². The molecule has 0 amide bonds. The van der Waals surface area contributed by atoms with Gasteiger partial charge in [-0.2, -0.15) is 5.26 Å². The molecule has 3 atom stereocenters. The highest BCUT2D eigenvalue weighted by molar-refractivity contribution is 5.38. The monoisotopic (exact) mass is 273 g/mol. The second-order valence-corrected chi connectivity index (χ2v) is 6.10. The second kappa shape index (κ2) is 5.85. The number of ether oxygens (including phenoxy) is 1. The first-order valence-electron chi connectivity index (χ1n) is 7.26. The molecule has 108 valence electrons. The van der Waals surface area contributed by atoms with Gasteiger partial charge in [0.05, 0.1) is 24.7 Å². The van der Waals surface area contributed by atoms with Crippen molar-refractivity contribution in [1.29, 1.82) is 5.26 Å². The van der Waals surface area contributed by atoms with Gasteiger partial charge in [0.1, 0.15) is 5.75 Å². The van der Waals surface area contributed by atoms with E-state index in [4.69, 9.17) is 4.74 Å². The van der Waals surface area contributed by atoms with Gasteiger partial charge in [-0.3, -0.25) is 0 Å². The van der Waals surface area contributed by atoms with Crippen molar-refractivity contribution in [3.63, 3.8) is 0 Å². The second-order valence-electron chi connectivity index (χ2n) is 6.10. The fourth-order valence-electron chi connectivity index (χ4n) is 3.39. The SMILES string of the molecule is COc1ccc(C(O)C2(C#N)CCCC(C)C2)cc1C. The predicted molar refractivity (Wildman–Crippen MR) is 78.4 cm³/mol. The maximum absolute atomic E-state index is 10.7. The molecule has 1 aliphatic carbocycles. The van der Waals surface area contributed by atoms with Gasteiger partial charge in [-0.25, -0.2) is 0 Å². The molecule has 2 rings (SSSR count). The summed E-state index contributed by atoms with van der Waals surface area (Å²) < 4.78 is 5.25. The highest BCUT2D eigenvalue weighted by atomic mass is 16.5. The van der Waals surface area contributed by atoms with Crippen LogP contribution in [0.5, 0.6) is 5.75 Å². The standard InChI is InChI=1S/C17H23NO2/c1-12-5-4-8-17(10-12,11-18)16(19)14-6-7-15(20-3)13(2)9-14/h6-7,9,12,16,19H,4-5,8,10H2,1-3H3. The van der Waals surface area contributed by atoms with Crippen LogP contribution in [-0.4, -0.2) is 12.2 Å². The fraction of sp³-hybridized carbons (Fsp3) is 0.588. The Hall–Kier alpha value is -1.53. The van der Waals surface area contributed by atoms with Crippen LogP contribution in [0.2, 0.25) is 0 Å². The topological polar surface area (TPSA) is 53.2 Å². The van der Waals surface area contributed by atoms with E-state index in [0.29, 0.717) is 5.92 Å². The summed E-state index contributed by atoms with van der Waals surface area (Å²) in [7, 11) is 1.64. The number of aliphatic hydroxyl groups is 1. The molecule has 1 aliphatic rings. The zero-order chi connectivity index (χ0) is 14.8. The third kappa shape index (κ3) is 2.66. The average molecular weight is 273 g/mol. The lowest BCUT2D eigenvalue weighted by atomic mass is 9.66. The molecule has 1 aromatic rings. The quantitative estimate of drug-likeness (QED) is 0.912. The first-order valence-corrected chi connectivity index (χ1v) is 7.26. The van der Waals surface area contributed by atoms with Crippen molar-refractivity contribution in [2.24, 2.45) is 11.3 Å². The lowest BCUT2D eigenvalue weighted by Gasteiger charge is -2.38. The molecule has 0 bridgehead atoms. The summed E-state index contributed by atoms with van der Waals surface area (Å²) in [5, 5.41) is 20.4. The number of aliphatic hydroxyl groups excluding tert-OH is 1. The van der Waals surface area contributed by atoms with E-state index in [1.807, 2.05) is 25.1 Å². The molecule has 3 heteroatoms. The Bertz CT molecular complexity index is 520. The van der Waals surface area contributed by atoms with Crippen molar-refractivity contribution >= 4 is 0 Å². The van der Waals surface area contributed by atoms with Crippen molar-refractivity contribution in [2.75, 3.05) is 7.11 Å². The molecular formula is C17H23NO2. The van der Waals surface area contributed by atoms with Crippen LogP contribution in [0.15, 0.2) is 18.2 Å². The van der Waals surface area contributed by atoms with Crippen LogP contribution >= 0.6 is 0 Å². The van der Waals surface area contributed by atoms with E-state index in [1.165, 1.54) is 0 Å². The summed E-state index contributed by atoms with van der Waals surface area (Å²) in [4.78, 5) is 0. The van der Waals surface area contributed by atoms with Crippen LogP contribution in [0.3, 0.4) is 0 Å². The Morgan fingerprint density at radius 2 is 2.25 bits per heavy atom. The van der Waals surface area contributed by atoms with E-state index < -0.39 is 11.5 Å². The molecule has 0 saturated heterocycles. The maximum Gasteiger partial charge on any atom is 0.121 e. The Balaban J connectivity index is 2.31. The number of nitriles is 1. The molecule has 1 saturated carbocycles. The lowest BCUT2D eigenvalue weighted by molar-refractivity contribution is 0.0219. The van der Waals surface area contributed by atoms with Crippen molar-refractivity contribution in [3.8, 4) is 11.8 Å². The van der Waals surface area contributed by atoms with Crippen LogP contribution < -0.4 is 4.74 Å². The zero-order valence-electron chi connectivity index (χ0n) is 12.5. The smallest absolute Gasteiger partial charge is 0.121 e. The minimum atomic E-state index is -0.722. The Morgan fingerprint density at radius 1 is 1.50 bits per heavy atom. The molecule has 20 heavy (non-hydrogen) atoms. The molecule has 3 unspecified atom stereocenters. The van der Waals surface area contributed by atoms with E-state index >= 15 is 0 Å². The number of methoxy groups -OCH3 is 1. The number of aryl methyl sites for hydroxylation is 1. The van der Waals surface area contributed by atoms with Gasteiger partial charge in [-0.05, 0) is 48.9 Å². The molecule has 0 aromatic heterocycles. The van der Waals surface area contributed by atoms with Crippen molar-refractivity contribution in [1.82, 2.24) is 0 Å². The van der Waals surface area contributed by atoms with Gasteiger partial charge in [-0.15, -0.1) is 0 Å². The number of hydrogen-bond acceptors (Lipinski definition) is 3. The summed E-state index contributed by atoms with van der Waals surface area (Å²) in [6.45, 7) is 4.12. The summed E-state index contributed by atoms with van der Waals surface area (Å²) >= 11 is 0. The Kier molecular flexibility index (Phi) is 4.35. The number of nitrogens with zero attached hydrogens (tertiary/aromatic N) is 1. The normalized spacial score (nSPS) is 27.6. The number of hydrogen-bond donors (Lipinski definition) is 1. The highest BCUT2D eigenvalue weighted by Gasteiger charge is 2.42. The first kappa shape index (κ1) is 14.9. The Labute approximate surface area is 121 Å². The van der Waals surface area contributed by atoms with Crippen molar-refractivity contribution in [3.05, 3.63) is 29.3 Å². The third-order valence-electron chi connectivity index (χ3n) is 4.51. The van der Waals surface area contributed by atoms with E-state index in [1.54, 1.807) is 7.11 Å². The van der Waals surface area contributed by atoms with Gasteiger partial charge in [0, 0.05) is 0 Å². The highest BCUT2D eigenvalue weighted by Crippen LogP contribution is 2.47. The number of rotatable bonds is 3. The van der Waals surface area contributed by atoms with E-state index in [9.17, 15) is 10.4 Å². The van der Waals surface area contributed by atoms with E-state index in [2.05, 4.69) is 13.0 Å². The average Bonchev–Trinajstić information content (AvgIpc) is 2.46.